The molecule has 2 aliphatic heterocycles. The number of nitrogens with zero attached hydrogens (tertiary/aromatic N) is 2. The molecule has 0 aromatic carbocycles. The van der Waals surface area contributed by atoms with Gasteiger partial charge < -0.3 is 14.9 Å². The molecule has 5 nitrogen and oxygen atoms in total. The molecule has 1 saturated carbocycles. The van der Waals surface area contributed by atoms with Gasteiger partial charge >= 0.3 is 5.97 Å². The first-order valence-electron chi connectivity index (χ1n) is 8.29. The fraction of sp³-hybridized carbons (Fsp3) is 0.875. The zero-order valence-corrected chi connectivity index (χ0v) is 12.8. The first-order valence-corrected chi connectivity index (χ1v) is 8.29. The topological polar surface area (TPSA) is 60.9 Å². The van der Waals surface area contributed by atoms with E-state index in [9.17, 15) is 14.7 Å². The van der Waals surface area contributed by atoms with E-state index in [0.717, 1.165) is 32.4 Å². The lowest BCUT2D eigenvalue weighted by Gasteiger charge is -2.46. The molecule has 0 radical (unpaired) electrons. The molecule has 5 heteroatoms. The van der Waals surface area contributed by atoms with E-state index in [1.807, 2.05) is 4.90 Å². The molecule has 0 aromatic rings. The number of rotatable bonds is 2. The smallest absolute Gasteiger partial charge is 0.307 e. The van der Waals surface area contributed by atoms with Crippen molar-refractivity contribution < 1.29 is 14.7 Å². The molecule has 1 amide bonds. The number of hydrogen-bond donors (Lipinski definition) is 1. The number of amides is 1. The lowest BCUT2D eigenvalue weighted by molar-refractivity contribution is -0.150. The van der Waals surface area contributed by atoms with Crippen LogP contribution in [0.2, 0.25) is 0 Å². The molecule has 2 unspecified atom stereocenters. The molecule has 2 saturated heterocycles. The van der Waals surface area contributed by atoms with E-state index in [-0.39, 0.29) is 11.8 Å². The Morgan fingerprint density at radius 1 is 1.00 bits per heavy atom. The van der Waals surface area contributed by atoms with Crippen molar-refractivity contribution in [3.05, 3.63) is 0 Å². The summed E-state index contributed by atoms with van der Waals surface area (Å²) < 4.78 is 0. The summed E-state index contributed by atoms with van der Waals surface area (Å²) in [5.74, 6) is -0.847. The molecule has 1 N–H and O–H groups in total. The van der Waals surface area contributed by atoms with Gasteiger partial charge in [0.15, 0.2) is 0 Å². The Kier molecular flexibility index (Phi) is 4.20. The van der Waals surface area contributed by atoms with Crippen LogP contribution in [0.3, 0.4) is 0 Å². The van der Waals surface area contributed by atoms with Gasteiger partial charge in [-0.2, -0.15) is 0 Å². The maximum atomic E-state index is 12.7. The van der Waals surface area contributed by atoms with Gasteiger partial charge in [0.25, 0.3) is 0 Å². The summed E-state index contributed by atoms with van der Waals surface area (Å²) in [6.07, 6.45) is 5.73. The molecule has 3 aliphatic rings. The van der Waals surface area contributed by atoms with Crippen LogP contribution in [0.25, 0.3) is 0 Å². The van der Waals surface area contributed by atoms with Gasteiger partial charge in [0.1, 0.15) is 0 Å². The van der Waals surface area contributed by atoms with Crippen LogP contribution >= 0.6 is 0 Å². The third-order valence-electron chi connectivity index (χ3n) is 5.81. The fourth-order valence-corrected chi connectivity index (χ4v) is 4.64. The Balaban J connectivity index is 1.65. The first kappa shape index (κ1) is 14.8. The van der Waals surface area contributed by atoms with Crippen LogP contribution in [0.1, 0.15) is 38.5 Å². The van der Waals surface area contributed by atoms with E-state index >= 15 is 0 Å². The van der Waals surface area contributed by atoms with Crippen molar-refractivity contribution in [2.24, 2.45) is 17.8 Å². The molecule has 0 aromatic heterocycles. The van der Waals surface area contributed by atoms with E-state index in [4.69, 9.17) is 0 Å². The maximum absolute atomic E-state index is 12.7. The van der Waals surface area contributed by atoms with Crippen molar-refractivity contribution in [3.63, 3.8) is 0 Å². The fourth-order valence-electron chi connectivity index (χ4n) is 4.64. The largest absolute Gasteiger partial charge is 0.481 e. The maximum Gasteiger partial charge on any atom is 0.307 e. The third kappa shape index (κ3) is 2.80. The Hall–Kier alpha value is -1.10. The number of piperidine rings is 2. The van der Waals surface area contributed by atoms with Gasteiger partial charge in [0.2, 0.25) is 5.91 Å². The van der Waals surface area contributed by atoms with E-state index in [1.54, 1.807) is 0 Å². The summed E-state index contributed by atoms with van der Waals surface area (Å²) in [5, 5.41) is 9.28. The van der Waals surface area contributed by atoms with Gasteiger partial charge in [-0.15, -0.1) is 0 Å². The zero-order valence-electron chi connectivity index (χ0n) is 12.8. The molecule has 0 spiro atoms. The predicted octanol–water partition coefficient (Wildman–Crippen LogP) is 1.43. The highest BCUT2D eigenvalue weighted by atomic mass is 16.4. The van der Waals surface area contributed by atoms with Crippen LogP contribution in [0.4, 0.5) is 0 Å². The predicted molar refractivity (Wildman–Crippen MR) is 78.8 cm³/mol. The van der Waals surface area contributed by atoms with Gasteiger partial charge in [-0.05, 0) is 51.6 Å². The number of likely N-dealkylation sites (tertiary alicyclic amines) is 2. The van der Waals surface area contributed by atoms with E-state index in [2.05, 4.69) is 11.9 Å². The summed E-state index contributed by atoms with van der Waals surface area (Å²) in [4.78, 5) is 28.4. The second-order valence-electron chi connectivity index (χ2n) is 7.01. The minimum Gasteiger partial charge on any atom is -0.481 e. The van der Waals surface area contributed by atoms with Gasteiger partial charge in [-0.1, -0.05) is 6.42 Å². The van der Waals surface area contributed by atoms with E-state index in [0.29, 0.717) is 18.4 Å². The lowest BCUT2D eigenvalue weighted by Crippen LogP contribution is -2.55. The Bertz CT molecular complexity index is 426. The van der Waals surface area contributed by atoms with Gasteiger partial charge in [0.05, 0.1) is 11.8 Å². The van der Waals surface area contributed by atoms with Gasteiger partial charge in [-0.25, -0.2) is 0 Å². The third-order valence-corrected chi connectivity index (χ3v) is 5.81. The van der Waals surface area contributed by atoms with Crippen LogP contribution in [0, 0.1) is 17.8 Å². The minimum atomic E-state index is -0.793. The molecule has 118 valence electrons. The summed E-state index contributed by atoms with van der Waals surface area (Å²) in [5.41, 5.74) is 0. The molecule has 3 rings (SSSR count). The summed E-state index contributed by atoms with van der Waals surface area (Å²) >= 11 is 0. The molecular formula is C16H26N2O3. The van der Waals surface area contributed by atoms with Crippen LogP contribution < -0.4 is 0 Å². The second kappa shape index (κ2) is 5.95. The molecule has 0 bridgehead atoms. The highest BCUT2D eigenvalue weighted by Gasteiger charge is 2.42. The average Bonchev–Trinajstić information content (AvgIpc) is 2.96. The minimum absolute atomic E-state index is 0.103. The van der Waals surface area contributed by atoms with Crippen LogP contribution in [-0.4, -0.2) is 59.5 Å². The van der Waals surface area contributed by atoms with Crippen molar-refractivity contribution >= 4 is 11.9 Å². The lowest BCUT2D eigenvalue weighted by atomic mass is 9.83. The van der Waals surface area contributed by atoms with Crippen molar-refractivity contribution in [2.45, 2.75) is 44.6 Å². The Morgan fingerprint density at radius 3 is 2.52 bits per heavy atom. The van der Waals surface area contributed by atoms with Crippen LogP contribution in [0.15, 0.2) is 0 Å². The number of carboxylic acids is 1. The second-order valence-corrected chi connectivity index (χ2v) is 7.01. The summed E-state index contributed by atoms with van der Waals surface area (Å²) in [6.45, 7) is 2.79. The number of carbonyl (C=O) groups is 2. The number of carbonyl (C=O) groups excluding carboxylic acids is 1. The van der Waals surface area contributed by atoms with Gasteiger partial charge in [-0.3, -0.25) is 9.59 Å². The van der Waals surface area contributed by atoms with Crippen LogP contribution in [0.5, 0.6) is 0 Å². The molecule has 3 fully saturated rings. The monoisotopic (exact) mass is 294 g/mol. The van der Waals surface area contributed by atoms with Crippen molar-refractivity contribution in [1.82, 2.24) is 9.80 Å². The summed E-state index contributed by atoms with van der Waals surface area (Å²) in [6, 6.07) is 0.613. The van der Waals surface area contributed by atoms with Gasteiger partial charge in [0, 0.05) is 19.1 Å². The van der Waals surface area contributed by atoms with Crippen LogP contribution in [-0.2, 0) is 9.59 Å². The average molecular weight is 294 g/mol. The van der Waals surface area contributed by atoms with E-state index in [1.165, 1.54) is 19.4 Å². The Labute approximate surface area is 126 Å². The SMILES string of the molecule is CN1CCCC2CN(C(=O)[C@@H]3CCC[C@@H]3C(=O)O)CCC21. The van der Waals surface area contributed by atoms with E-state index < -0.39 is 11.9 Å². The molecule has 1 aliphatic carbocycles. The molecular weight excluding hydrogens is 268 g/mol. The van der Waals surface area contributed by atoms with Crippen molar-refractivity contribution in [1.29, 1.82) is 0 Å². The standard InChI is InChI=1S/C16H26N2O3/c1-17-8-3-4-11-10-18(9-7-14(11)17)15(19)12-5-2-6-13(12)16(20)21/h11-14H,2-10H2,1H3,(H,20,21)/t11?,12-,13+,14?/m1/s1. The highest BCUT2D eigenvalue weighted by Crippen LogP contribution is 2.36. The summed E-state index contributed by atoms with van der Waals surface area (Å²) in [7, 11) is 2.19. The molecule has 2 heterocycles. The quantitative estimate of drug-likeness (QED) is 0.837. The molecule has 21 heavy (non-hydrogen) atoms. The Morgan fingerprint density at radius 2 is 1.76 bits per heavy atom. The number of hydrogen-bond acceptors (Lipinski definition) is 3. The first-order chi connectivity index (χ1) is 10.1. The number of carboxylic acid groups (broad SMARTS) is 1. The number of aliphatic carboxylic acids is 1. The van der Waals surface area contributed by atoms with Crippen molar-refractivity contribution in [3.8, 4) is 0 Å². The normalized spacial score (nSPS) is 37.3. The highest BCUT2D eigenvalue weighted by molar-refractivity contribution is 5.85. The van der Waals surface area contributed by atoms with Crippen molar-refractivity contribution in [2.75, 3.05) is 26.7 Å². The number of fused-ring (bicyclic) bond motifs is 1. The zero-order chi connectivity index (χ0) is 15.0. The molecule has 4 atom stereocenters.